The van der Waals surface area contributed by atoms with Crippen molar-refractivity contribution in [2.45, 2.75) is 6.92 Å². The van der Waals surface area contributed by atoms with Gasteiger partial charge in [0.15, 0.2) is 5.82 Å². The zero-order valence-electron chi connectivity index (χ0n) is 11.4. The van der Waals surface area contributed by atoms with Gasteiger partial charge in [0.2, 0.25) is 0 Å². The van der Waals surface area contributed by atoms with E-state index >= 15 is 0 Å². The van der Waals surface area contributed by atoms with E-state index in [-0.39, 0.29) is 0 Å². The van der Waals surface area contributed by atoms with Crippen LogP contribution in [0.2, 0.25) is 0 Å². The second kappa shape index (κ2) is 4.77. The minimum absolute atomic E-state index is 0.495. The lowest BCUT2D eigenvalue weighted by Crippen LogP contribution is -2.04. The highest BCUT2D eigenvalue weighted by Crippen LogP contribution is 2.27. The van der Waals surface area contributed by atoms with E-state index in [0.29, 0.717) is 11.6 Å². The van der Waals surface area contributed by atoms with Gasteiger partial charge in [0.25, 0.3) is 0 Å². The van der Waals surface area contributed by atoms with E-state index in [2.05, 4.69) is 15.1 Å². The number of hydrogen-bond donors (Lipinski definition) is 1. The summed E-state index contributed by atoms with van der Waals surface area (Å²) in [7, 11) is 1.86. The molecule has 2 N–H and O–H groups in total. The molecule has 0 bridgehead atoms. The molecule has 0 aliphatic carbocycles. The molecule has 0 unspecified atom stereocenters. The van der Waals surface area contributed by atoms with Gasteiger partial charge in [-0.2, -0.15) is 5.10 Å². The summed E-state index contributed by atoms with van der Waals surface area (Å²) in [5.41, 5.74) is 9.65. The van der Waals surface area contributed by atoms with Crippen LogP contribution in [0.25, 0.3) is 22.8 Å². The Morgan fingerprint density at radius 1 is 1.05 bits per heavy atom. The highest BCUT2D eigenvalue weighted by molar-refractivity contribution is 5.70. The molecule has 2 aromatic heterocycles. The van der Waals surface area contributed by atoms with Gasteiger partial charge in [-0.3, -0.25) is 4.68 Å². The van der Waals surface area contributed by atoms with Crippen LogP contribution in [0.4, 0.5) is 5.82 Å². The maximum absolute atomic E-state index is 6.03. The molecule has 5 nitrogen and oxygen atoms in total. The normalized spacial score (nSPS) is 10.7. The number of nitrogens with two attached hydrogens (primary N) is 1. The predicted octanol–water partition coefficient (Wildman–Crippen LogP) is 2.43. The van der Waals surface area contributed by atoms with Gasteiger partial charge in [-0.25, -0.2) is 9.97 Å². The largest absolute Gasteiger partial charge is 0.383 e. The summed E-state index contributed by atoms with van der Waals surface area (Å²) >= 11 is 0. The number of anilines is 1. The van der Waals surface area contributed by atoms with E-state index in [0.717, 1.165) is 22.5 Å². The molecule has 0 spiro atoms. The minimum Gasteiger partial charge on any atom is -0.383 e. The van der Waals surface area contributed by atoms with Crippen LogP contribution in [0.5, 0.6) is 0 Å². The molecule has 100 valence electrons. The van der Waals surface area contributed by atoms with Crippen LogP contribution in [0, 0.1) is 6.92 Å². The van der Waals surface area contributed by atoms with Gasteiger partial charge >= 0.3 is 0 Å². The molecule has 5 heteroatoms. The Morgan fingerprint density at radius 2 is 1.80 bits per heavy atom. The van der Waals surface area contributed by atoms with Gasteiger partial charge in [0.05, 0.1) is 5.69 Å². The number of benzene rings is 1. The SMILES string of the molecule is Cc1c(N)nc(-c2ccnn2C)nc1-c1ccccc1. The summed E-state index contributed by atoms with van der Waals surface area (Å²) in [6, 6.07) is 11.8. The quantitative estimate of drug-likeness (QED) is 0.772. The van der Waals surface area contributed by atoms with E-state index in [1.54, 1.807) is 10.9 Å². The third-order valence-corrected chi connectivity index (χ3v) is 3.28. The van der Waals surface area contributed by atoms with Gasteiger partial charge in [-0.1, -0.05) is 30.3 Å². The molecule has 0 aliphatic heterocycles. The Bertz CT molecular complexity index is 746. The van der Waals surface area contributed by atoms with Crippen molar-refractivity contribution >= 4 is 5.82 Å². The van der Waals surface area contributed by atoms with E-state index in [1.807, 2.05) is 50.4 Å². The summed E-state index contributed by atoms with van der Waals surface area (Å²) < 4.78 is 1.74. The zero-order valence-corrected chi connectivity index (χ0v) is 11.4. The lowest BCUT2D eigenvalue weighted by molar-refractivity contribution is 0.770. The molecule has 0 atom stereocenters. The first-order valence-electron chi connectivity index (χ1n) is 6.34. The smallest absolute Gasteiger partial charge is 0.180 e. The third kappa shape index (κ3) is 2.03. The molecule has 0 aliphatic rings. The van der Waals surface area contributed by atoms with E-state index in [9.17, 15) is 0 Å². The Morgan fingerprint density at radius 3 is 2.45 bits per heavy atom. The first-order valence-corrected chi connectivity index (χ1v) is 6.34. The molecule has 2 heterocycles. The molecule has 3 aromatic rings. The van der Waals surface area contributed by atoms with Crippen molar-refractivity contribution in [3.05, 3.63) is 48.2 Å². The fraction of sp³-hybridized carbons (Fsp3) is 0.133. The van der Waals surface area contributed by atoms with Crippen molar-refractivity contribution in [3.63, 3.8) is 0 Å². The average Bonchev–Trinajstić information content (AvgIpc) is 2.89. The van der Waals surface area contributed by atoms with E-state index in [1.165, 1.54) is 0 Å². The number of rotatable bonds is 2. The summed E-state index contributed by atoms with van der Waals surface area (Å²) in [5.74, 6) is 1.09. The molecule has 0 radical (unpaired) electrons. The predicted molar refractivity (Wildman–Crippen MR) is 78.8 cm³/mol. The van der Waals surface area contributed by atoms with Crippen molar-refractivity contribution in [1.82, 2.24) is 19.7 Å². The van der Waals surface area contributed by atoms with E-state index in [4.69, 9.17) is 5.73 Å². The summed E-state index contributed by atoms with van der Waals surface area (Å²) in [5, 5.41) is 4.14. The van der Waals surface area contributed by atoms with Crippen LogP contribution < -0.4 is 5.73 Å². The van der Waals surface area contributed by atoms with Gasteiger partial charge in [-0.05, 0) is 13.0 Å². The third-order valence-electron chi connectivity index (χ3n) is 3.28. The molecular formula is C15H15N5. The maximum atomic E-state index is 6.03. The van der Waals surface area contributed by atoms with Crippen LogP contribution in [-0.4, -0.2) is 19.7 Å². The number of aromatic nitrogens is 4. The highest BCUT2D eigenvalue weighted by atomic mass is 15.3. The number of nitrogens with zero attached hydrogens (tertiary/aromatic N) is 4. The minimum atomic E-state index is 0.495. The number of nitrogen functional groups attached to an aromatic ring is 1. The van der Waals surface area contributed by atoms with Crippen LogP contribution >= 0.6 is 0 Å². The lowest BCUT2D eigenvalue weighted by Gasteiger charge is -2.10. The Hall–Kier alpha value is -2.69. The Balaban J connectivity index is 2.21. The molecule has 0 amide bonds. The van der Waals surface area contributed by atoms with Crippen LogP contribution in [0.1, 0.15) is 5.56 Å². The number of hydrogen-bond acceptors (Lipinski definition) is 4. The van der Waals surface area contributed by atoms with E-state index < -0.39 is 0 Å². The standard InChI is InChI=1S/C15H15N5/c1-10-13(11-6-4-3-5-7-11)18-15(19-14(10)16)12-8-9-17-20(12)2/h3-9H,1-2H3,(H2,16,18,19). The van der Waals surface area contributed by atoms with Crippen molar-refractivity contribution in [1.29, 1.82) is 0 Å². The number of aryl methyl sites for hydroxylation is 1. The summed E-state index contributed by atoms with van der Waals surface area (Å²) in [6.45, 7) is 1.94. The molecular weight excluding hydrogens is 250 g/mol. The summed E-state index contributed by atoms with van der Waals surface area (Å²) in [6.07, 6.45) is 1.72. The monoisotopic (exact) mass is 265 g/mol. The van der Waals surface area contributed by atoms with Crippen molar-refractivity contribution in [2.24, 2.45) is 7.05 Å². The van der Waals surface area contributed by atoms with Gasteiger partial charge in [0, 0.05) is 24.4 Å². The fourth-order valence-electron chi connectivity index (χ4n) is 2.12. The lowest BCUT2D eigenvalue weighted by atomic mass is 10.1. The first kappa shape index (κ1) is 12.3. The molecule has 0 saturated carbocycles. The van der Waals surface area contributed by atoms with Crippen LogP contribution in [-0.2, 0) is 7.05 Å². The van der Waals surface area contributed by atoms with Crippen molar-refractivity contribution in [3.8, 4) is 22.8 Å². The molecule has 0 saturated heterocycles. The van der Waals surface area contributed by atoms with Gasteiger partial charge in [0.1, 0.15) is 11.5 Å². The van der Waals surface area contributed by atoms with Gasteiger partial charge < -0.3 is 5.73 Å². The Kier molecular flexibility index (Phi) is 2.95. The summed E-state index contributed by atoms with van der Waals surface area (Å²) in [4.78, 5) is 9.02. The van der Waals surface area contributed by atoms with Crippen molar-refractivity contribution < 1.29 is 0 Å². The fourth-order valence-corrected chi connectivity index (χ4v) is 2.12. The second-order valence-corrected chi connectivity index (χ2v) is 4.61. The topological polar surface area (TPSA) is 69.6 Å². The van der Waals surface area contributed by atoms with Crippen molar-refractivity contribution in [2.75, 3.05) is 5.73 Å². The first-order chi connectivity index (χ1) is 9.66. The molecule has 3 rings (SSSR count). The van der Waals surface area contributed by atoms with Gasteiger partial charge in [-0.15, -0.1) is 0 Å². The molecule has 20 heavy (non-hydrogen) atoms. The van der Waals surface area contributed by atoms with Crippen LogP contribution in [0.3, 0.4) is 0 Å². The maximum Gasteiger partial charge on any atom is 0.180 e. The Labute approximate surface area is 117 Å². The molecule has 1 aromatic carbocycles. The average molecular weight is 265 g/mol. The highest BCUT2D eigenvalue weighted by Gasteiger charge is 2.13. The zero-order chi connectivity index (χ0) is 14.1. The van der Waals surface area contributed by atoms with Crippen LogP contribution in [0.15, 0.2) is 42.6 Å². The second-order valence-electron chi connectivity index (χ2n) is 4.61. The molecule has 0 fully saturated rings.